The Hall–Kier alpha value is -2.15. The SMILES string of the molecule is O=C(Nc1ccc(Br)cc1)c1cc([N+](=O)[O-])c[nH]1. The molecule has 0 bridgehead atoms. The number of hydrogen-bond acceptors (Lipinski definition) is 3. The normalized spacial score (nSPS) is 10.1. The van der Waals surface area contributed by atoms with E-state index in [1.165, 1.54) is 12.3 Å². The van der Waals surface area contributed by atoms with Gasteiger partial charge in [0.1, 0.15) is 5.69 Å². The van der Waals surface area contributed by atoms with E-state index in [4.69, 9.17) is 0 Å². The number of hydrogen-bond donors (Lipinski definition) is 2. The highest BCUT2D eigenvalue weighted by Crippen LogP contribution is 2.16. The van der Waals surface area contributed by atoms with Crippen LogP contribution in [-0.4, -0.2) is 15.8 Å². The summed E-state index contributed by atoms with van der Waals surface area (Å²) in [6.07, 6.45) is 1.18. The average Bonchev–Trinajstić information content (AvgIpc) is 2.81. The Morgan fingerprint density at radius 2 is 2.00 bits per heavy atom. The van der Waals surface area contributed by atoms with Crippen LogP contribution in [0.5, 0.6) is 0 Å². The van der Waals surface area contributed by atoms with E-state index in [0.717, 1.165) is 4.47 Å². The quantitative estimate of drug-likeness (QED) is 0.675. The van der Waals surface area contributed by atoms with Gasteiger partial charge in [-0.1, -0.05) is 15.9 Å². The molecule has 0 aliphatic heterocycles. The molecule has 1 aromatic heterocycles. The van der Waals surface area contributed by atoms with E-state index in [1.807, 2.05) is 0 Å². The van der Waals surface area contributed by atoms with Gasteiger partial charge in [-0.15, -0.1) is 0 Å². The van der Waals surface area contributed by atoms with Crippen LogP contribution in [0.2, 0.25) is 0 Å². The van der Waals surface area contributed by atoms with Crippen molar-refractivity contribution in [3.05, 3.63) is 56.8 Å². The van der Waals surface area contributed by atoms with Crippen molar-refractivity contribution >= 4 is 33.2 Å². The molecule has 1 amide bonds. The summed E-state index contributed by atoms with van der Waals surface area (Å²) in [4.78, 5) is 24.2. The summed E-state index contributed by atoms with van der Waals surface area (Å²) in [7, 11) is 0. The third-order valence-corrected chi connectivity index (χ3v) is 2.75. The summed E-state index contributed by atoms with van der Waals surface area (Å²) < 4.78 is 0.899. The lowest BCUT2D eigenvalue weighted by atomic mass is 10.3. The van der Waals surface area contributed by atoms with E-state index >= 15 is 0 Å². The third kappa shape index (κ3) is 2.75. The number of amides is 1. The Morgan fingerprint density at radius 3 is 2.56 bits per heavy atom. The molecule has 0 saturated carbocycles. The molecule has 1 aromatic carbocycles. The van der Waals surface area contributed by atoms with Crippen LogP contribution >= 0.6 is 15.9 Å². The van der Waals surface area contributed by atoms with Crippen molar-refractivity contribution in [1.29, 1.82) is 0 Å². The van der Waals surface area contributed by atoms with Crippen LogP contribution in [0.3, 0.4) is 0 Å². The van der Waals surface area contributed by atoms with E-state index < -0.39 is 10.8 Å². The van der Waals surface area contributed by atoms with Crippen LogP contribution in [0.15, 0.2) is 41.0 Å². The van der Waals surface area contributed by atoms with E-state index in [9.17, 15) is 14.9 Å². The summed E-state index contributed by atoms with van der Waals surface area (Å²) >= 11 is 3.28. The summed E-state index contributed by atoms with van der Waals surface area (Å²) in [5.41, 5.74) is 0.612. The van der Waals surface area contributed by atoms with Crippen molar-refractivity contribution in [2.75, 3.05) is 5.32 Å². The molecule has 7 heteroatoms. The van der Waals surface area contributed by atoms with Crippen molar-refractivity contribution < 1.29 is 9.72 Å². The summed E-state index contributed by atoms with van der Waals surface area (Å²) in [5, 5.41) is 13.1. The maximum atomic E-state index is 11.8. The molecule has 2 aromatic rings. The zero-order chi connectivity index (χ0) is 13.1. The first-order valence-corrected chi connectivity index (χ1v) is 5.75. The molecule has 6 nitrogen and oxygen atoms in total. The minimum Gasteiger partial charge on any atom is -0.351 e. The van der Waals surface area contributed by atoms with Crippen LogP contribution in [0, 0.1) is 10.1 Å². The lowest BCUT2D eigenvalue weighted by Crippen LogP contribution is -2.11. The Morgan fingerprint density at radius 1 is 1.33 bits per heavy atom. The maximum absolute atomic E-state index is 11.8. The number of nitrogens with one attached hydrogen (secondary N) is 2. The first-order valence-electron chi connectivity index (χ1n) is 4.96. The zero-order valence-corrected chi connectivity index (χ0v) is 10.6. The number of anilines is 1. The van der Waals surface area contributed by atoms with Gasteiger partial charge in [-0.25, -0.2) is 0 Å². The second-order valence-corrected chi connectivity index (χ2v) is 4.41. The molecule has 0 spiro atoms. The average molecular weight is 310 g/mol. The van der Waals surface area contributed by atoms with E-state index in [1.54, 1.807) is 24.3 Å². The number of H-pyrrole nitrogens is 1. The highest BCUT2D eigenvalue weighted by atomic mass is 79.9. The largest absolute Gasteiger partial charge is 0.351 e. The molecule has 0 radical (unpaired) electrons. The first kappa shape index (κ1) is 12.3. The Bertz CT molecular complexity index is 592. The van der Waals surface area contributed by atoms with Crippen LogP contribution in [0.4, 0.5) is 11.4 Å². The molecular weight excluding hydrogens is 302 g/mol. The Labute approximate surface area is 110 Å². The standard InChI is InChI=1S/C11H8BrN3O3/c12-7-1-3-8(4-2-7)14-11(16)10-5-9(6-13-10)15(17)18/h1-6,13H,(H,14,16). The number of carbonyl (C=O) groups excluding carboxylic acids is 1. The number of aromatic nitrogens is 1. The fraction of sp³-hybridized carbons (Fsp3) is 0. The molecule has 1 heterocycles. The van der Waals surface area contributed by atoms with Crippen molar-refractivity contribution in [3.8, 4) is 0 Å². The third-order valence-electron chi connectivity index (χ3n) is 2.23. The van der Waals surface area contributed by atoms with Gasteiger partial charge in [0.2, 0.25) is 0 Å². The molecule has 92 valence electrons. The molecule has 2 N–H and O–H groups in total. The molecule has 0 unspecified atom stereocenters. The van der Waals surface area contributed by atoms with Gasteiger partial charge in [-0.05, 0) is 24.3 Å². The Balaban J connectivity index is 2.11. The summed E-state index contributed by atoms with van der Waals surface area (Å²) in [6, 6.07) is 8.20. The minimum absolute atomic E-state index is 0.143. The molecular formula is C11H8BrN3O3. The van der Waals surface area contributed by atoms with Gasteiger partial charge in [-0.2, -0.15) is 0 Å². The number of nitrogens with zero attached hydrogens (tertiary/aromatic N) is 1. The fourth-order valence-corrected chi connectivity index (χ4v) is 1.62. The lowest BCUT2D eigenvalue weighted by Gasteiger charge is -2.02. The van der Waals surface area contributed by atoms with E-state index in [2.05, 4.69) is 26.2 Å². The topological polar surface area (TPSA) is 88.0 Å². The van der Waals surface area contributed by atoms with Gasteiger partial charge in [0.25, 0.3) is 11.6 Å². The zero-order valence-electron chi connectivity index (χ0n) is 9.01. The number of benzene rings is 1. The van der Waals surface area contributed by atoms with Crippen LogP contribution < -0.4 is 5.32 Å². The monoisotopic (exact) mass is 309 g/mol. The predicted octanol–water partition coefficient (Wildman–Crippen LogP) is 2.94. The number of nitro groups is 1. The predicted molar refractivity (Wildman–Crippen MR) is 69.5 cm³/mol. The maximum Gasteiger partial charge on any atom is 0.287 e. The van der Waals surface area contributed by atoms with Crippen molar-refractivity contribution in [3.63, 3.8) is 0 Å². The molecule has 0 aliphatic rings. The van der Waals surface area contributed by atoms with Gasteiger partial charge in [-0.3, -0.25) is 14.9 Å². The van der Waals surface area contributed by atoms with Crippen LogP contribution in [-0.2, 0) is 0 Å². The van der Waals surface area contributed by atoms with E-state index in [0.29, 0.717) is 5.69 Å². The van der Waals surface area contributed by atoms with Crippen LogP contribution in [0.25, 0.3) is 0 Å². The van der Waals surface area contributed by atoms with Gasteiger partial charge in [0.05, 0.1) is 11.1 Å². The smallest absolute Gasteiger partial charge is 0.287 e. The number of carbonyl (C=O) groups is 1. The minimum atomic E-state index is -0.563. The highest BCUT2D eigenvalue weighted by molar-refractivity contribution is 9.10. The second-order valence-electron chi connectivity index (χ2n) is 3.49. The van der Waals surface area contributed by atoms with Crippen molar-refractivity contribution in [2.24, 2.45) is 0 Å². The van der Waals surface area contributed by atoms with Gasteiger partial charge >= 0.3 is 0 Å². The number of rotatable bonds is 3. The fourth-order valence-electron chi connectivity index (χ4n) is 1.35. The van der Waals surface area contributed by atoms with Gasteiger partial charge in [0.15, 0.2) is 0 Å². The lowest BCUT2D eigenvalue weighted by molar-refractivity contribution is -0.384. The van der Waals surface area contributed by atoms with Crippen molar-refractivity contribution in [2.45, 2.75) is 0 Å². The summed E-state index contributed by atoms with van der Waals surface area (Å²) in [5.74, 6) is -0.426. The Kier molecular flexibility index (Phi) is 3.42. The molecule has 18 heavy (non-hydrogen) atoms. The van der Waals surface area contributed by atoms with Gasteiger partial charge in [0, 0.05) is 16.2 Å². The van der Waals surface area contributed by atoms with Gasteiger partial charge < -0.3 is 10.3 Å². The summed E-state index contributed by atoms with van der Waals surface area (Å²) in [6.45, 7) is 0. The molecule has 0 saturated heterocycles. The highest BCUT2D eigenvalue weighted by Gasteiger charge is 2.14. The molecule has 0 fully saturated rings. The molecule has 0 atom stereocenters. The number of halogens is 1. The van der Waals surface area contributed by atoms with Crippen molar-refractivity contribution in [1.82, 2.24) is 4.98 Å². The van der Waals surface area contributed by atoms with E-state index in [-0.39, 0.29) is 11.4 Å². The molecule has 0 aliphatic carbocycles. The number of aromatic amines is 1. The van der Waals surface area contributed by atoms with Crippen LogP contribution in [0.1, 0.15) is 10.5 Å². The molecule has 2 rings (SSSR count). The first-order chi connectivity index (χ1) is 8.56. The second kappa shape index (κ2) is 5.01.